The van der Waals surface area contributed by atoms with Gasteiger partial charge in [-0.3, -0.25) is 0 Å². The first-order valence-electron chi connectivity index (χ1n) is 5.72. The lowest BCUT2D eigenvalue weighted by atomic mass is 10.0. The molecule has 0 unspecified atom stereocenters. The van der Waals surface area contributed by atoms with Gasteiger partial charge in [-0.15, -0.1) is 0 Å². The van der Waals surface area contributed by atoms with Crippen molar-refractivity contribution in [3.8, 4) is 0 Å². The summed E-state index contributed by atoms with van der Waals surface area (Å²) in [5, 5.41) is 1.19. The van der Waals surface area contributed by atoms with Crippen molar-refractivity contribution in [1.82, 2.24) is 0 Å². The molecule has 0 spiro atoms. The molecule has 0 saturated carbocycles. The molecule has 0 aliphatic heterocycles. The van der Waals surface area contributed by atoms with Gasteiger partial charge in [-0.25, -0.2) is 0 Å². The second-order valence-corrected chi connectivity index (χ2v) is 5.64. The Morgan fingerprint density at radius 3 is 2.31 bits per heavy atom. The topological polar surface area (TPSA) is 13.1 Å². The summed E-state index contributed by atoms with van der Waals surface area (Å²) in [6, 6.07) is 6.44. The van der Waals surface area contributed by atoms with Crippen LogP contribution in [0.1, 0.15) is 50.9 Å². The second-order valence-electron chi connectivity index (χ2n) is 4.85. The third kappa shape index (κ3) is 1.91. The summed E-state index contributed by atoms with van der Waals surface area (Å²) in [5.41, 5.74) is 2.32. The van der Waals surface area contributed by atoms with E-state index in [9.17, 15) is 0 Å². The molecule has 2 aromatic rings. The van der Waals surface area contributed by atoms with Crippen LogP contribution in [-0.4, -0.2) is 0 Å². The van der Waals surface area contributed by atoms with Gasteiger partial charge >= 0.3 is 0 Å². The highest BCUT2D eigenvalue weighted by atomic mass is 79.9. The number of hydrogen-bond acceptors (Lipinski definition) is 1. The highest BCUT2D eigenvalue weighted by molar-refractivity contribution is 9.10. The minimum absolute atomic E-state index is 0.407. The van der Waals surface area contributed by atoms with E-state index in [4.69, 9.17) is 4.42 Å². The van der Waals surface area contributed by atoms with Crippen LogP contribution in [0.2, 0.25) is 0 Å². The number of furan rings is 1. The normalized spacial score (nSPS) is 11.9. The fourth-order valence-corrected chi connectivity index (χ4v) is 2.68. The van der Waals surface area contributed by atoms with Crippen LogP contribution in [0, 0.1) is 0 Å². The van der Waals surface area contributed by atoms with Crippen molar-refractivity contribution in [3.05, 3.63) is 34.0 Å². The van der Waals surface area contributed by atoms with E-state index in [2.05, 4.69) is 61.8 Å². The molecule has 0 radical (unpaired) electrons. The Hall–Kier alpha value is -0.760. The molecule has 0 amide bonds. The molecular weight excluding hydrogens is 264 g/mol. The van der Waals surface area contributed by atoms with Crippen LogP contribution in [0.4, 0.5) is 0 Å². The first-order valence-corrected chi connectivity index (χ1v) is 6.52. The van der Waals surface area contributed by atoms with E-state index in [0.29, 0.717) is 11.8 Å². The van der Waals surface area contributed by atoms with Gasteiger partial charge < -0.3 is 4.42 Å². The number of hydrogen-bond donors (Lipinski definition) is 0. The van der Waals surface area contributed by atoms with Gasteiger partial charge in [0.25, 0.3) is 0 Å². The van der Waals surface area contributed by atoms with E-state index in [1.165, 1.54) is 10.9 Å². The Balaban J connectivity index is 2.64. The third-order valence-corrected chi connectivity index (χ3v) is 3.69. The van der Waals surface area contributed by atoms with Gasteiger partial charge in [0.15, 0.2) is 0 Å². The SMILES string of the molecule is CC(C)c1ccc2oc(C(C)C)c(Br)c2c1. The number of fused-ring (bicyclic) bond motifs is 1. The predicted molar refractivity (Wildman–Crippen MR) is 72.1 cm³/mol. The molecule has 0 atom stereocenters. The van der Waals surface area contributed by atoms with Crippen LogP contribution in [0.15, 0.2) is 27.1 Å². The zero-order valence-electron chi connectivity index (χ0n) is 10.2. The molecule has 0 aliphatic rings. The van der Waals surface area contributed by atoms with Crippen LogP contribution in [0.5, 0.6) is 0 Å². The Morgan fingerprint density at radius 2 is 1.75 bits per heavy atom. The number of halogens is 1. The molecule has 1 heterocycles. The van der Waals surface area contributed by atoms with Crippen LogP contribution >= 0.6 is 15.9 Å². The maximum absolute atomic E-state index is 5.85. The second kappa shape index (κ2) is 4.25. The maximum Gasteiger partial charge on any atom is 0.135 e. The summed E-state index contributed by atoms with van der Waals surface area (Å²) in [6.45, 7) is 8.70. The zero-order valence-corrected chi connectivity index (χ0v) is 11.8. The average Bonchev–Trinajstić information content (AvgIpc) is 2.56. The Kier molecular flexibility index (Phi) is 3.11. The first-order chi connectivity index (χ1) is 7.50. The summed E-state index contributed by atoms with van der Waals surface area (Å²) < 4.78 is 6.96. The lowest BCUT2D eigenvalue weighted by Crippen LogP contribution is -1.85. The Bertz CT molecular complexity index is 509. The van der Waals surface area contributed by atoms with Gasteiger partial charge in [-0.1, -0.05) is 33.8 Å². The van der Waals surface area contributed by atoms with Crippen molar-refractivity contribution in [1.29, 1.82) is 0 Å². The molecule has 86 valence electrons. The van der Waals surface area contributed by atoms with E-state index in [1.807, 2.05) is 0 Å². The van der Waals surface area contributed by atoms with Gasteiger partial charge in [0, 0.05) is 11.3 Å². The van der Waals surface area contributed by atoms with Crippen LogP contribution in [0.3, 0.4) is 0 Å². The third-order valence-electron chi connectivity index (χ3n) is 2.87. The van der Waals surface area contributed by atoms with Crippen molar-refractivity contribution < 1.29 is 4.42 Å². The Labute approximate surface area is 105 Å². The lowest BCUT2D eigenvalue weighted by molar-refractivity contribution is 0.518. The summed E-state index contributed by atoms with van der Waals surface area (Å²) in [6.07, 6.45) is 0. The largest absolute Gasteiger partial charge is 0.460 e. The minimum Gasteiger partial charge on any atom is -0.460 e. The lowest BCUT2D eigenvalue weighted by Gasteiger charge is -2.03. The van der Waals surface area contributed by atoms with E-state index in [-0.39, 0.29) is 0 Å². The standard InChI is InChI=1S/C14H17BrO/c1-8(2)10-5-6-12-11(7-10)13(15)14(16-12)9(3)4/h5-9H,1-4H3. The van der Waals surface area contributed by atoms with E-state index >= 15 is 0 Å². The highest BCUT2D eigenvalue weighted by Crippen LogP contribution is 2.36. The van der Waals surface area contributed by atoms with Crippen LogP contribution in [0.25, 0.3) is 11.0 Å². The van der Waals surface area contributed by atoms with Crippen molar-refractivity contribution in [2.45, 2.75) is 39.5 Å². The predicted octanol–water partition coefficient (Wildman–Crippen LogP) is 5.44. The molecular formula is C14H17BrO. The fraction of sp³-hybridized carbons (Fsp3) is 0.429. The molecule has 0 aliphatic carbocycles. The smallest absolute Gasteiger partial charge is 0.135 e. The first kappa shape index (κ1) is 11.7. The van der Waals surface area contributed by atoms with Crippen LogP contribution < -0.4 is 0 Å². The summed E-state index contributed by atoms with van der Waals surface area (Å²) >= 11 is 3.64. The van der Waals surface area contributed by atoms with Crippen molar-refractivity contribution in [2.75, 3.05) is 0 Å². The molecule has 0 bridgehead atoms. The van der Waals surface area contributed by atoms with Gasteiger partial charge in [0.1, 0.15) is 11.3 Å². The highest BCUT2D eigenvalue weighted by Gasteiger charge is 2.15. The van der Waals surface area contributed by atoms with Crippen molar-refractivity contribution in [2.24, 2.45) is 0 Å². The quantitative estimate of drug-likeness (QED) is 0.714. The monoisotopic (exact) mass is 280 g/mol. The average molecular weight is 281 g/mol. The summed E-state index contributed by atoms with van der Waals surface area (Å²) in [7, 11) is 0. The van der Waals surface area contributed by atoms with Crippen molar-refractivity contribution >= 4 is 26.9 Å². The van der Waals surface area contributed by atoms with E-state index in [0.717, 1.165) is 15.8 Å². The number of benzene rings is 1. The molecule has 2 heteroatoms. The van der Waals surface area contributed by atoms with Gasteiger partial charge in [0.2, 0.25) is 0 Å². The fourth-order valence-electron chi connectivity index (χ4n) is 1.83. The Morgan fingerprint density at radius 1 is 1.06 bits per heavy atom. The van der Waals surface area contributed by atoms with Gasteiger partial charge in [-0.2, -0.15) is 0 Å². The van der Waals surface area contributed by atoms with Gasteiger partial charge in [0.05, 0.1) is 4.47 Å². The van der Waals surface area contributed by atoms with E-state index in [1.54, 1.807) is 0 Å². The summed E-state index contributed by atoms with van der Waals surface area (Å²) in [5.74, 6) is 1.99. The molecule has 1 aromatic carbocycles. The minimum atomic E-state index is 0.407. The summed E-state index contributed by atoms with van der Waals surface area (Å²) in [4.78, 5) is 0. The molecule has 2 rings (SSSR count). The number of rotatable bonds is 2. The molecule has 0 fully saturated rings. The maximum atomic E-state index is 5.85. The zero-order chi connectivity index (χ0) is 11.9. The molecule has 1 nitrogen and oxygen atoms in total. The van der Waals surface area contributed by atoms with E-state index < -0.39 is 0 Å². The molecule has 0 saturated heterocycles. The van der Waals surface area contributed by atoms with Crippen LogP contribution in [-0.2, 0) is 0 Å². The van der Waals surface area contributed by atoms with Crippen molar-refractivity contribution in [3.63, 3.8) is 0 Å². The molecule has 16 heavy (non-hydrogen) atoms. The molecule has 1 aromatic heterocycles. The van der Waals surface area contributed by atoms with Gasteiger partial charge in [-0.05, 0) is 39.5 Å². The molecule has 0 N–H and O–H groups in total.